The summed E-state index contributed by atoms with van der Waals surface area (Å²) in [4.78, 5) is 26.2. The van der Waals surface area contributed by atoms with Gasteiger partial charge in [0.25, 0.3) is 0 Å². The van der Waals surface area contributed by atoms with Crippen LogP contribution in [0.3, 0.4) is 0 Å². The molecule has 7 nitrogen and oxygen atoms in total. The molecule has 7 heteroatoms. The van der Waals surface area contributed by atoms with Gasteiger partial charge in [0, 0.05) is 26.1 Å². The highest BCUT2D eigenvalue weighted by Crippen LogP contribution is 2.20. The summed E-state index contributed by atoms with van der Waals surface area (Å²) in [6.07, 6.45) is -0.557. The quantitative estimate of drug-likeness (QED) is 0.764. The van der Waals surface area contributed by atoms with Gasteiger partial charge in [-0.3, -0.25) is 0 Å². The van der Waals surface area contributed by atoms with Crippen molar-refractivity contribution in [1.29, 1.82) is 5.26 Å². The summed E-state index contributed by atoms with van der Waals surface area (Å²) in [7, 11) is 0. The predicted molar refractivity (Wildman–Crippen MR) is 70.8 cm³/mol. The van der Waals surface area contributed by atoms with Crippen LogP contribution in [0.4, 0.5) is 4.79 Å². The second-order valence-corrected chi connectivity index (χ2v) is 5.43. The van der Waals surface area contributed by atoms with E-state index in [9.17, 15) is 14.7 Å². The second kappa shape index (κ2) is 7.10. The highest BCUT2D eigenvalue weighted by molar-refractivity contribution is 5.83. The van der Waals surface area contributed by atoms with Crippen LogP contribution in [0.1, 0.15) is 26.7 Å². The molecule has 1 aliphatic heterocycles. The van der Waals surface area contributed by atoms with E-state index in [0.29, 0.717) is 6.54 Å². The molecular formula is C13H21N3O4. The van der Waals surface area contributed by atoms with Crippen LogP contribution in [0, 0.1) is 17.2 Å². The Hall–Kier alpha value is -1.81. The van der Waals surface area contributed by atoms with Crippen LogP contribution in [-0.2, 0) is 4.79 Å². The zero-order valence-electron chi connectivity index (χ0n) is 11.8. The SMILES string of the molecule is CC(C)CN(CCC#N)C(=O)N1CC(O)C[C@H]1C(=O)O. The molecule has 2 N–H and O–H groups in total. The first-order chi connectivity index (χ1) is 9.36. The number of nitriles is 1. The highest BCUT2D eigenvalue weighted by Gasteiger charge is 2.40. The molecule has 0 bridgehead atoms. The fourth-order valence-corrected chi connectivity index (χ4v) is 2.33. The van der Waals surface area contributed by atoms with E-state index in [4.69, 9.17) is 10.4 Å². The van der Waals surface area contributed by atoms with E-state index in [2.05, 4.69) is 0 Å². The number of β-amino-alcohol motifs (C(OH)–C–C–N with tert-alkyl or cyclic N) is 1. The first kappa shape index (κ1) is 16.2. The number of hydrogen-bond acceptors (Lipinski definition) is 4. The number of carboxylic acids is 1. The Morgan fingerprint density at radius 2 is 2.15 bits per heavy atom. The Morgan fingerprint density at radius 1 is 1.50 bits per heavy atom. The maximum Gasteiger partial charge on any atom is 0.326 e. The van der Waals surface area contributed by atoms with Crippen molar-refractivity contribution in [2.24, 2.45) is 5.92 Å². The molecule has 0 radical (unpaired) electrons. The number of carbonyl (C=O) groups is 2. The average Bonchev–Trinajstić information content (AvgIpc) is 2.75. The molecule has 1 saturated heterocycles. The fraction of sp³-hybridized carbons (Fsp3) is 0.769. The van der Waals surface area contributed by atoms with Gasteiger partial charge in [-0.2, -0.15) is 5.26 Å². The third kappa shape index (κ3) is 4.10. The van der Waals surface area contributed by atoms with Gasteiger partial charge < -0.3 is 20.0 Å². The standard InChI is InChI=1S/C13H21N3O4/c1-9(2)7-15(5-3-4-14)13(20)16-8-10(17)6-11(16)12(18)19/h9-11,17H,3,5-8H2,1-2H3,(H,18,19)/t10?,11-/m0/s1. The summed E-state index contributed by atoms with van der Waals surface area (Å²) < 4.78 is 0. The first-order valence-electron chi connectivity index (χ1n) is 6.70. The largest absolute Gasteiger partial charge is 0.480 e. The Labute approximate surface area is 118 Å². The van der Waals surface area contributed by atoms with E-state index in [1.807, 2.05) is 19.9 Å². The average molecular weight is 283 g/mol. The smallest absolute Gasteiger partial charge is 0.326 e. The second-order valence-electron chi connectivity index (χ2n) is 5.43. The number of likely N-dealkylation sites (tertiary alicyclic amines) is 1. The van der Waals surface area contributed by atoms with Gasteiger partial charge in [-0.05, 0) is 5.92 Å². The Kier molecular flexibility index (Phi) is 5.77. The number of rotatable bonds is 5. The molecule has 0 aromatic carbocycles. The molecule has 1 fully saturated rings. The van der Waals surface area contributed by atoms with E-state index in [1.165, 1.54) is 9.80 Å². The summed E-state index contributed by atoms with van der Waals surface area (Å²) in [6.45, 7) is 4.64. The molecule has 0 aliphatic carbocycles. The molecule has 20 heavy (non-hydrogen) atoms. The minimum Gasteiger partial charge on any atom is -0.480 e. The topological polar surface area (TPSA) is 105 Å². The van der Waals surface area contributed by atoms with Crippen LogP contribution in [-0.4, -0.2) is 63.8 Å². The number of carboxylic acid groups (broad SMARTS) is 1. The molecule has 1 aliphatic rings. The molecule has 112 valence electrons. The lowest BCUT2D eigenvalue weighted by atomic mass is 10.2. The van der Waals surface area contributed by atoms with Crippen molar-refractivity contribution < 1.29 is 19.8 Å². The van der Waals surface area contributed by atoms with Crippen LogP contribution in [0.15, 0.2) is 0 Å². The summed E-state index contributed by atoms with van der Waals surface area (Å²) in [6, 6.07) is 0.571. The number of aliphatic carboxylic acids is 1. The summed E-state index contributed by atoms with van der Waals surface area (Å²) in [5.41, 5.74) is 0. The number of aliphatic hydroxyl groups is 1. The van der Waals surface area contributed by atoms with Crippen molar-refractivity contribution >= 4 is 12.0 Å². The van der Waals surface area contributed by atoms with Gasteiger partial charge in [-0.15, -0.1) is 0 Å². The van der Waals surface area contributed by atoms with E-state index in [-0.39, 0.29) is 31.8 Å². The number of amides is 2. The zero-order valence-corrected chi connectivity index (χ0v) is 11.8. The van der Waals surface area contributed by atoms with Gasteiger partial charge in [-0.25, -0.2) is 9.59 Å². The number of nitrogens with zero attached hydrogens (tertiary/aromatic N) is 3. The Balaban J connectivity index is 2.81. The summed E-state index contributed by atoms with van der Waals surface area (Å²) in [5.74, 6) is -0.895. The summed E-state index contributed by atoms with van der Waals surface area (Å²) >= 11 is 0. The maximum atomic E-state index is 12.4. The van der Waals surface area contributed by atoms with Crippen molar-refractivity contribution in [1.82, 2.24) is 9.80 Å². The van der Waals surface area contributed by atoms with E-state index in [0.717, 1.165) is 0 Å². The molecule has 0 saturated carbocycles. The van der Waals surface area contributed by atoms with Crippen LogP contribution in [0.5, 0.6) is 0 Å². The van der Waals surface area contributed by atoms with Crippen LogP contribution >= 0.6 is 0 Å². The number of carbonyl (C=O) groups excluding carboxylic acids is 1. The normalized spacial score (nSPS) is 21.9. The number of hydrogen-bond donors (Lipinski definition) is 2. The molecule has 1 unspecified atom stereocenters. The molecule has 1 rings (SSSR count). The van der Waals surface area contributed by atoms with Gasteiger partial charge in [0.05, 0.1) is 18.6 Å². The minimum atomic E-state index is -1.11. The van der Waals surface area contributed by atoms with Crippen molar-refractivity contribution in [3.8, 4) is 6.07 Å². The number of urea groups is 1. The minimum absolute atomic E-state index is 0.0248. The molecule has 0 aromatic rings. The lowest BCUT2D eigenvalue weighted by Gasteiger charge is -2.30. The van der Waals surface area contributed by atoms with Crippen molar-refractivity contribution in [2.75, 3.05) is 19.6 Å². The van der Waals surface area contributed by atoms with Gasteiger partial charge in [0.1, 0.15) is 6.04 Å². The number of aliphatic hydroxyl groups excluding tert-OH is 1. The van der Waals surface area contributed by atoms with Gasteiger partial charge in [0.15, 0.2) is 0 Å². The fourth-order valence-electron chi connectivity index (χ4n) is 2.33. The highest BCUT2D eigenvalue weighted by atomic mass is 16.4. The van der Waals surface area contributed by atoms with Gasteiger partial charge in [-0.1, -0.05) is 13.8 Å². The third-order valence-corrected chi connectivity index (χ3v) is 3.16. The van der Waals surface area contributed by atoms with Crippen LogP contribution < -0.4 is 0 Å². The predicted octanol–water partition coefficient (Wildman–Crippen LogP) is 0.498. The van der Waals surface area contributed by atoms with E-state index >= 15 is 0 Å². The maximum absolute atomic E-state index is 12.4. The zero-order chi connectivity index (χ0) is 15.3. The van der Waals surface area contributed by atoms with Gasteiger partial charge in [0.2, 0.25) is 0 Å². The molecule has 2 amide bonds. The molecule has 2 atom stereocenters. The lowest BCUT2D eigenvalue weighted by molar-refractivity contribution is -0.141. The van der Waals surface area contributed by atoms with Crippen molar-refractivity contribution in [2.45, 2.75) is 38.8 Å². The monoisotopic (exact) mass is 283 g/mol. The van der Waals surface area contributed by atoms with Gasteiger partial charge >= 0.3 is 12.0 Å². The van der Waals surface area contributed by atoms with Crippen LogP contribution in [0.2, 0.25) is 0 Å². The molecular weight excluding hydrogens is 262 g/mol. The Morgan fingerprint density at radius 3 is 2.65 bits per heavy atom. The van der Waals surface area contributed by atoms with E-state index in [1.54, 1.807) is 0 Å². The molecule has 0 spiro atoms. The first-order valence-corrected chi connectivity index (χ1v) is 6.70. The van der Waals surface area contributed by atoms with Crippen molar-refractivity contribution in [3.05, 3.63) is 0 Å². The molecule has 0 aromatic heterocycles. The van der Waals surface area contributed by atoms with Crippen LogP contribution in [0.25, 0.3) is 0 Å². The lowest BCUT2D eigenvalue weighted by Crippen LogP contribution is -2.49. The van der Waals surface area contributed by atoms with Crippen molar-refractivity contribution in [3.63, 3.8) is 0 Å². The summed E-state index contributed by atoms with van der Waals surface area (Å²) in [5, 5.41) is 27.3. The third-order valence-electron chi connectivity index (χ3n) is 3.16. The Bertz CT molecular complexity index is 405. The molecule has 1 heterocycles. The van der Waals surface area contributed by atoms with E-state index < -0.39 is 24.1 Å².